The van der Waals surface area contributed by atoms with Gasteiger partial charge in [0.05, 0.1) is 17.6 Å². The van der Waals surface area contributed by atoms with Crippen LogP contribution in [0.25, 0.3) is 5.69 Å². The number of aryl methyl sites for hydroxylation is 2. The average Bonchev–Trinajstić information content (AvgIpc) is 2.82. The molecule has 0 aliphatic rings. The van der Waals surface area contributed by atoms with Gasteiger partial charge in [-0.2, -0.15) is 0 Å². The van der Waals surface area contributed by atoms with Crippen LogP contribution in [0.2, 0.25) is 5.02 Å². The molecule has 2 aromatic rings. The third kappa shape index (κ3) is 3.09. The van der Waals surface area contributed by atoms with Crippen LogP contribution in [-0.2, 0) is 6.42 Å². The van der Waals surface area contributed by atoms with Gasteiger partial charge >= 0.3 is 0 Å². The minimum atomic E-state index is 0.724. The van der Waals surface area contributed by atoms with Gasteiger partial charge < -0.3 is 5.73 Å². The number of aromatic nitrogens is 3. The Morgan fingerprint density at radius 1 is 1.33 bits per heavy atom. The number of nitrogens with two attached hydrogens (primary N) is 1. The Morgan fingerprint density at radius 3 is 2.89 bits per heavy atom. The molecule has 0 unspecified atom stereocenters. The van der Waals surface area contributed by atoms with E-state index in [1.165, 1.54) is 0 Å². The van der Waals surface area contributed by atoms with Gasteiger partial charge in [-0.1, -0.05) is 22.9 Å². The summed E-state index contributed by atoms with van der Waals surface area (Å²) < 4.78 is 1.75. The van der Waals surface area contributed by atoms with Crippen molar-refractivity contribution in [2.75, 3.05) is 6.54 Å². The topological polar surface area (TPSA) is 56.7 Å². The SMILES string of the molecule is Cc1ccc(-n2cc(CCCCN)nn2)cc1Cl. The van der Waals surface area contributed by atoms with Crippen LogP contribution >= 0.6 is 11.6 Å². The molecule has 4 nitrogen and oxygen atoms in total. The van der Waals surface area contributed by atoms with E-state index in [1.807, 2.05) is 31.3 Å². The molecular weight excluding hydrogens is 248 g/mol. The van der Waals surface area contributed by atoms with Crippen molar-refractivity contribution < 1.29 is 0 Å². The van der Waals surface area contributed by atoms with Crippen molar-refractivity contribution in [1.82, 2.24) is 15.0 Å². The molecule has 96 valence electrons. The van der Waals surface area contributed by atoms with E-state index in [4.69, 9.17) is 17.3 Å². The summed E-state index contributed by atoms with van der Waals surface area (Å²) in [5.74, 6) is 0. The second kappa shape index (κ2) is 5.98. The Bertz CT molecular complexity index is 521. The Labute approximate surface area is 112 Å². The summed E-state index contributed by atoms with van der Waals surface area (Å²) >= 11 is 6.10. The molecule has 0 fully saturated rings. The second-order valence-corrected chi connectivity index (χ2v) is 4.74. The first-order chi connectivity index (χ1) is 8.70. The molecule has 0 radical (unpaired) electrons. The predicted octanol–water partition coefficient (Wildman–Crippen LogP) is 2.51. The molecule has 0 saturated heterocycles. The number of nitrogens with zero attached hydrogens (tertiary/aromatic N) is 3. The summed E-state index contributed by atoms with van der Waals surface area (Å²) in [5, 5.41) is 9.00. The van der Waals surface area contributed by atoms with Gasteiger partial charge in [0.2, 0.25) is 0 Å². The molecule has 18 heavy (non-hydrogen) atoms. The molecule has 0 aliphatic heterocycles. The van der Waals surface area contributed by atoms with E-state index in [1.54, 1.807) is 4.68 Å². The number of hydrogen-bond donors (Lipinski definition) is 1. The molecule has 0 amide bonds. The smallest absolute Gasteiger partial charge is 0.0831 e. The fourth-order valence-electron chi connectivity index (χ4n) is 1.71. The van der Waals surface area contributed by atoms with E-state index < -0.39 is 0 Å². The van der Waals surface area contributed by atoms with Crippen molar-refractivity contribution in [3.05, 3.63) is 40.7 Å². The molecule has 1 aromatic heterocycles. The highest BCUT2D eigenvalue weighted by Gasteiger charge is 2.04. The van der Waals surface area contributed by atoms with Crippen LogP contribution in [0.1, 0.15) is 24.1 Å². The zero-order valence-electron chi connectivity index (χ0n) is 10.4. The van der Waals surface area contributed by atoms with E-state index in [0.29, 0.717) is 0 Å². The van der Waals surface area contributed by atoms with Crippen molar-refractivity contribution in [2.24, 2.45) is 5.73 Å². The fraction of sp³-hybridized carbons (Fsp3) is 0.385. The maximum atomic E-state index is 6.10. The summed E-state index contributed by atoms with van der Waals surface area (Å²) in [6.07, 6.45) is 4.92. The van der Waals surface area contributed by atoms with Crippen molar-refractivity contribution >= 4 is 11.6 Å². The predicted molar refractivity (Wildman–Crippen MR) is 73.1 cm³/mol. The second-order valence-electron chi connectivity index (χ2n) is 4.33. The van der Waals surface area contributed by atoms with E-state index in [0.717, 1.165) is 47.8 Å². The van der Waals surface area contributed by atoms with E-state index >= 15 is 0 Å². The maximum Gasteiger partial charge on any atom is 0.0831 e. The molecule has 1 aromatic carbocycles. The van der Waals surface area contributed by atoms with E-state index in [2.05, 4.69) is 10.3 Å². The molecule has 1 heterocycles. The first-order valence-electron chi connectivity index (χ1n) is 6.08. The van der Waals surface area contributed by atoms with Crippen LogP contribution in [0.4, 0.5) is 0 Å². The highest BCUT2D eigenvalue weighted by atomic mass is 35.5. The Balaban J connectivity index is 2.11. The minimum absolute atomic E-state index is 0.724. The lowest BCUT2D eigenvalue weighted by molar-refractivity contribution is 0.727. The zero-order chi connectivity index (χ0) is 13.0. The lowest BCUT2D eigenvalue weighted by Gasteiger charge is -2.02. The van der Waals surface area contributed by atoms with Gasteiger partial charge in [0.1, 0.15) is 0 Å². The number of hydrogen-bond acceptors (Lipinski definition) is 3. The summed E-state index contributed by atoms with van der Waals surface area (Å²) in [6.45, 7) is 2.70. The van der Waals surface area contributed by atoms with Gasteiger partial charge in [-0.25, -0.2) is 4.68 Å². The molecular formula is C13H17ClN4. The number of benzene rings is 1. The van der Waals surface area contributed by atoms with Crippen LogP contribution in [0.3, 0.4) is 0 Å². The highest BCUT2D eigenvalue weighted by Crippen LogP contribution is 2.19. The lowest BCUT2D eigenvalue weighted by atomic mass is 10.2. The quantitative estimate of drug-likeness (QED) is 0.845. The molecule has 0 bridgehead atoms. The fourth-order valence-corrected chi connectivity index (χ4v) is 1.89. The third-order valence-electron chi connectivity index (χ3n) is 2.85. The van der Waals surface area contributed by atoms with Crippen molar-refractivity contribution in [2.45, 2.75) is 26.2 Å². The van der Waals surface area contributed by atoms with Gasteiger partial charge in [-0.15, -0.1) is 5.10 Å². The van der Waals surface area contributed by atoms with Gasteiger partial charge in [0.15, 0.2) is 0 Å². The summed E-state index contributed by atoms with van der Waals surface area (Å²) in [6, 6.07) is 5.86. The Hall–Kier alpha value is -1.39. The normalized spacial score (nSPS) is 10.8. The molecule has 0 atom stereocenters. The van der Waals surface area contributed by atoms with Crippen LogP contribution in [0.5, 0.6) is 0 Å². The number of unbranched alkanes of at least 4 members (excludes halogenated alkanes) is 1. The molecule has 0 saturated carbocycles. The average molecular weight is 265 g/mol. The summed E-state index contributed by atoms with van der Waals surface area (Å²) in [4.78, 5) is 0. The van der Waals surface area contributed by atoms with Gasteiger partial charge in [0.25, 0.3) is 0 Å². The molecule has 0 aliphatic carbocycles. The molecule has 5 heteroatoms. The summed E-state index contributed by atoms with van der Waals surface area (Å²) in [5.41, 5.74) is 8.44. The van der Waals surface area contributed by atoms with Crippen molar-refractivity contribution in [1.29, 1.82) is 0 Å². The first kappa shape index (κ1) is 13.1. The Kier molecular flexibility index (Phi) is 4.33. The monoisotopic (exact) mass is 264 g/mol. The van der Waals surface area contributed by atoms with E-state index in [9.17, 15) is 0 Å². The minimum Gasteiger partial charge on any atom is -0.330 e. The first-order valence-corrected chi connectivity index (χ1v) is 6.46. The van der Waals surface area contributed by atoms with Crippen LogP contribution < -0.4 is 5.73 Å². The van der Waals surface area contributed by atoms with Gasteiger partial charge in [-0.3, -0.25) is 0 Å². The highest BCUT2D eigenvalue weighted by molar-refractivity contribution is 6.31. The molecule has 2 N–H and O–H groups in total. The maximum absolute atomic E-state index is 6.10. The number of halogens is 1. The van der Waals surface area contributed by atoms with Crippen molar-refractivity contribution in [3.8, 4) is 5.69 Å². The van der Waals surface area contributed by atoms with Crippen LogP contribution in [0.15, 0.2) is 24.4 Å². The van der Waals surface area contributed by atoms with Gasteiger partial charge in [-0.05, 0) is 50.4 Å². The van der Waals surface area contributed by atoms with Crippen LogP contribution in [-0.4, -0.2) is 21.5 Å². The van der Waals surface area contributed by atoms with Crippen LogP contribution in [0, 0.1) is 6.92 Å². The molecule has 2 rings (SSSR count). The Morgan fingerprint density at radius 2 is 2.17 bits per heavy atom. The zero-order valence-corrected chi connectivity index (χ0v) is 11.2. The third-order valence-corrected chi connectivity index (χ3v) is 3.26. The van der Waals surface area contributed by atoms with Crippen molar-refractivity contribution in [3.63, 3.8) is 0 Å². The van der Waals surface area contributed by atoms with Gasteiger partial charge in [0, 0.05) is 5.02 Å². The lowest BCUT2D eigenvalue weighted by Crippen LogP contribution is -1.99. The number of rotatable bonds is 5. The van der Waals surface area contributed by atoms with E-state index in [-0.39, 0.29) is 0 Å². The largest absolute Gasteiger partial charge is 0.330 e. The standard InChI is InChI=1S/C13H17ClN4/c1-10-5-6-12(8-13(10)14)18-9-11(16-17-18)4-2-3-7-15/h5-6,8-9H,2-4,7,15H2,1H3. The molecule has 0 spiro atoms. The summed E-state index contributed by atoms with van der Waals surface area (Å²) in [7, 11) is 0.